The Labute approximate surface area is 85.4 Å². The van der Waals surface area contributed by atoms with Crippen LogP contribution < -0.4 is 0 Å². The molecule has 0 aromatic rings. The van der Waals surface area contributed by atoms with E-state index in [1.165, 1.54) is 12.8 Å². The molecule has 14 heavy (non-hydrogen) atoms. The molecule has 2 rings (SSSR count). The topological polar surface area (TPSA) is 29.5 Å². The van der Waals surface area contributed by atoms with Crippen LogP contribution in [-0.4, -0.2) is 37.1 Å². The Bertz CT molecular complexity index is 213. The monoisotopic (exact) mass is 197 g/mol. The van der Waals surface area contributed by atoms with E-state index in [1.54, 1.807) is 0 Å². The van der Waals surface area contributed by atoms with Gasteiger partial charge in [0, 0.05) is 25.4 Å². The van der Waals surface area contributed by atoms with Gasteiger partial charge in [-0.2, -0.15) is 0 Å². The molecular formula is C11H19NO2. The highest BCUT2D eigenvalue weighted by Crippen LogP contribution is 2.22. The molecule has 1 amide bonds. The van der Waals surface area contributed by atoms with Crippen molar-refractivity contribution in [3.05, 3.63) is 0 Å². The summed E-state index contributed by atoms with van der Waals surface area (Å²) in [4.78, 5) is 13.8. The molecular weight excluding hydrogens is 178 g/mol. The van der Waals surface area contributed by atoms with Gasteiger partial charge in [-0.1, -0.05) is 13.3 Å². The van der Waals surface area contributed by atoms with E-state index in [0.717, 1.165) is 32.2 Å². The molecule has 0 bridgehead atoms. The molecule has 80 valence electrons. The minimum atomic E-state index is 0.342. The SMILES string of the molecule is CCC1CCN(C(=O)CC2COC2)C1. The average Bonchev–Trinajstić information content (AvgIpc) is 2.59. The number of hydrogen-bond acceptors (Lipinski definition) is 2. The van der Waals surface area contributed by atoms with Crippen LogP contribution in [0.5, 0.6) is 0 Å². The van der Waals surface area contributed by atoms with Gasteiger partial charge in [0.25, 0.3) is 0 Å². The maximum atomic E-state index is 11.8. The van der Waals surface area contributed by atoms with Gasteiger partial charge in [-0.25, -0.2) is 0 Å². The molecule has 2 heterocycles. The van der Waals surface area contributed by atoms with E-state index >= 15 is 0 Å². The number of carbonyl (C=O) groups is 1. The van der Waals surface area contributed by atoms with Gasteiger partial charge in [-0.3, -0.25) is 4.79 Å². The van der Waals surface area contributed by atoms with Crippen molar-refractivity contribution in [1.82, 2.24) is 4.90 Å². The number of nitrogens with zero attached hydrogens (tertiary/aromatic N) is 1. The van der Waals surface area contributed by atoms with Gasteiger partial charge in [0.1, 0.15) is 0 Å². The number of carbonyl (C=O) groups excluding carboxylic acids is 1. The van der Waals surface area contributed by atoms with Crippen LogP contribution in [0.15, 0.2) is 0 Å². The molecule has 1 atom stereocenters. The number of amides is 1. The molecule has 3 nitrogen and oxygen atoms in total. The fourth-order valence-corrected chi connectivity index (χ4v) is 2.17. The zero-order chi connectivity index (χ0) is 9.97. The molecule has 2 aliphatic rings. The summed E-state index contributed by atoms with van der Waals surface area (Å²) < 4.78 is 5.07. The van der Waals surface area contributed by atoms with Crippen molar-refractivity contribution in [2.24, 2.45) is 11.8 Å². The van der Waals surface area contributed by atoms with Crippen LogP contribution in [0.25, 0.3) is 0 Å². The van der Waals surface area contributed by atoms with Gasteiger partial charge in [-0.05, 0) is 12.3 Å². The Morgan fingerprint density at radius 1 is 1.43 bits per heavy atom. The van der Waals surface area contributed by atoms with E-state index in [-0.39, 0.29) is 0 Å². The highest BCUT2D eigenvalue weighted by Gasteiger charge is 2.28. The van der Waals surface area contributed by atoms with E-state index in [1.807, 2.05) is 4.90 Å². The van der Waals surface area contributed by atoms with Gasteiger partial charge in [-0.15, -0.1) is 0 Å². The molecule has 0 radical (unpaired) electrons. The molecule has 0 saturated carbocycles. The molecule has 0 aromatic heterocycles. The lowest BCUT2D eigenvalue weighted by Gasteiger charge is -2.27. The third-order valence-corrected chi connectivity index (χ3v) is 3.39. The van der Waals surface area contributed by atoms with Crippen molar-refractivity contribution in [2.45, 2.75) is 26.2 Å². The molecule has 0 aromatic carbocycles. The van der Waals surface area contributed by atoms with Crippen LogP contribution in [0.4, 0.5) is 0 Å². The maximum Gasteiger partial charge on any atom is 0.223 e. The first-order valence-electron chi connectivity index (χ1n) is 5.65. The van der Waals surface area contributed by atoms with Crippen molar-refractivity contribution in [3.63, 3.8) is 0 Å². The smallest absolute Gasteiger partial charge is 0.223 e. The highest BCUT2D eigenvalue weighted by atomic mass is 16.5. The second kappa shape index (κ2) is 4.30. The summed E-state index contributed by atoms with van der Waals surface area (Å²) in [5.74, 6) is 1.59. The number of likely N-dealkylation sites (tertiary alicyclic amines) is 1. The molecule has 2 aliphatic heterocycles. The van der Waals surface area contributed by atoms with Gasteiger partial charge in [0.05, 0.1) is 13.2 Å². The molecule has 0 spiro atoms. The summed E-state index contributed by atoms with van der Waals surface area (Å²) in [6.07, 6.45) is 3.11. The summed E-state index contributed by atoms with van der Waals surface area (Å²) in [6.45, 7) is 5.75. The summed E-state index contributed by atoms with van der Waals surface area (Å²) in [5.41, 5.74) is 0. The van der Waals surface area contributed by atoms with Gasteiger partial charge >= 0.3 is 0 Å². The maximum absolute atomic E-state index is 11.8. The third kappa shape index (κ3) is 2.08. The summed E-state index contributed by atoms with van der Waals surface area (Å²) >= 11 is 0. The first-order valence-corrected chi connectivity index (χ1v) is 5.65. The molecule has 2 saturated heterocycles. The Morgan fingerprint density at radius 2 is 2.21 bits per heavy atom. The summed E-state index contributed by atoms with van der Waals surface area (Å²) in [6, 6.07) is 0. The fraction of sp³-hybridized carbons (Fsp3) is 0.909. The van der Waals surface area contributed by atoms with Gasteiger partial charge < -0.3 is 9.64 Å². The lowest BCUT2D eigenvalue weighted by atomic mass is 10.0. The molecule has 3 heteroatoms. The lowest BCUT2D eigenvalue weighted by molar-refractivity contribution is -0.135. The first kappa shape index (κ1) is 9.97. The quantitative estimate of drug-likeness (QED) is 0.682. The van der Waals surface area contributed by atoms with Crippen LogP contribution in [0, 0.1) is 11.8 Å². The predicted molar refractivity (Wildman–Crippen MR) is 53.9 cm³/mol. The van der Waals surface area contributed by atoms with Gasteiger partial charge in [0.2, 0.25) is 5.91 Å². The van der Waals surface area contributed by atoms with Crippen LogP contribution in [0.1, 0.15) is 26.2 Å². The Hall–Kier alpha value is -0.570. The molecule has 2 fully saturated rings. The molecule has 1 unspecified atom stereocenters. The number of rotatable bonds is 3. The van der Waals surface area contributed by atoms with Crippen molar-refractivity contribution in [2.75, 3.05) is 26.3 Å². The second-order valence-corrected chi connectivity index (χ2v) is 4.51. The van der Waals surface area contributed by atoms with Crippen molar-refractivity contribution >= 4 is 5.91 Å². The largest absolute Gasteiger partial charge is 0.381 e. The van der Waals surface area contributed by atoms with E-state index in [0.29, 0.717) is 18.2 Å². The summed E-state index contributed by atoms with van der Waals surface area (Å²) in [7, 11) is 0. The minimum Gasteiger partial charge on any atom is -0.381 e. The number of hydrogen-bond donors (Lipinski definition) is 0. The predicted octanol–water partition coefficient (Wildman–Crippen LogP) is 1.28. The number of ether oxygens (including phenoxy) is 1. The lowest BCUT2D eigenvalue weighted by Crippen LogP contribution is -2.36. The molecule has 0 N–H and O–H groups in total. The average molecular weight is 197 g/mol. The van der Waals surface area contributed by atoms with E-state index in [4.69, 9.17) is 4.74 Å². The van der Waals surface area contributed by atoms with Crippen LogP contribution in [0.2, 0.25) is 0 Å². The zero-order valence-corrected chi connectivity index (χ0v) is 8.87. The normalized spacial score (nSPS) is 27.8. The third-order valence-electron chi connectivity index (χ3n) is 3.39. The van der Waals surface area contributed by atoms with E-state index in [9.17, 15) is 4.79 Å². The van der Waals surface area contributed by atoms with Crippen LogP contribution >= 0.6 is 0 Å². The first-order chi connectivity index (χ1) is 6.79. The fourth-order valence-electron chi connectivity index (χ4n) is 2.17. The zero-order valence-electron chi connectivity index (χ0n) is 8.87. The van der Waals surface area contributed by atoms with Crippen molar-refractivity contribution in [1.29, 1.82) is 0 Å². The van der Waals surface area contributed by atoms with Crippen molar-refractivity contribution in [3.8, 4) is 0 Å². The summed E-state index contributed by atoms with van der Waals surface area (Å²) in [5, 5.41) is 0. The van der Waals surface area contributed by atoms with Crippen molar-refractivity contribution < 1.29 is 9.53 Å². The highest BCUT2D eigenvalue weighted by molar-refractivity contribution is 5.76. The van der Waals surface area contributed by atoms with E-state index in [2.05, 4.69) is 6.92 Å². The van der Waals surface area contributed by atoms with E-state index < -0.39 is 0 Å². The standard InChI is InChI=1S/C11H19NO2/c1-2-9-3-4-12(6-9)11(13)5-10-7-14-8-10/h9-10H,2-8H2,1H3. The van der Waals surface area contributed by atoms with Crippen LogP contribution in [-0.2, 0) is 9.53 Å². The Balaban J connectivity index is 1.74. The van der Waals surface area contributed by atoms with Gasteiger partial charge in [0.15, 0.2) is 0 Å². The minimum absolute atomic E-state index is 0.342. The molecule has 0 aliphatic carbocycles. The van der Waals surface area contributed by atoms with Crippen LogP contribution in [0.3, 0.4) is 0 Å². The Morgan fingerprint density at radius 3 is 2.71 bits per heavy atom. The Kier molecular flexibility index (Phi) is 3.06. The second-order valence-electron chi connectivity index (χ2n) is 4.51.